The van der Waals surface area contributed by atoms with Crippen molar-refractivity contribution in [1.82, 2.24) is 10.2 Å². The Balaban J connectivity index is 2.09. The van der Waals surface area contributed by atoms with Crippen molar-refractivity contribution in [2.45, 2.75) is 31.5 Å². The second-order valence-corrected chi connectivity index (χ2v) is 5.71. The molecule has 0 saturated carbocycles. The van der Waals surface area contributed by atoms with E-state index in [2.05, 4.69) is 47.5 Å². The second-order valence-electron chi connectivity index (χ2n) is 5.71. The quantitative estimate of drug-likeness (QED) is 0.834. The highest BCUT2D eigenvalue weighted by Crippen LogP contribution is 2.24. The van der Waals surface area contributed by atoms with Crippen molar-refractivity contribution < 1.29 is 9.47 Å². The van der Waals surface area contributed by atoms with Crippen LogP contribution >= 0.6 is 0 Å². The molecule has 1 aromatic rings. The zero-order valence-corrected chi connectivity index (χ0v) is 13.4. The van der Waals surface area contributed by atoms with Crippen LogP contribution in [0.1, 0.15) is 24.9 Å². The third-order valence-corrected chi connectivity index (χ3v) is 4.30. The van der Waals surface area contributed by atoms with Gasteiger partial charge >= 0.3 is 0 Å². The van der Waals surface area contributed by atoms with Gasteiger partial charge in [0, 0.05) is 45.9 Å². The summed E-state index contributed by atoms with van der Waals surface area (Å²) in [5, 5.41) is 3.66. The number of ether oxygens (including phenoxy) is 2. The minimum atomic E-state index is 0.122. The molecule has 1 aromatic carbocycles. The molecule has 0 bridgehead atoms. The molecule has 4 heteroatoms. The van der Waals surface area contributed by atoms with Gasteiger partial charge in [0.15, 0.2) is 0 Å². The highest BCUT2D eigenvalue weighted by atomic mass is 16.5. The zero-order chi connectivity index (χ0) is 15.1. The molecule has 118 valence electrons. The summed E-state index contributed by atoms with van der Waals surface area (Å²) in [5.41, 5.74) is 1.37. The van der Waals surface area contributed by atoms with E-state index in [-0.39, 0.29) is 6.10 Å². The average molecular weight is 292 g/mol. The van der Waals surface area contributed by atoms with E-state index in [1.807, 2.05) is 0 Å². The standard InChI is InChI=1S/C17H28N2O2/c1-4-15-11-19(12-16(21-3)13-20-2)17(10-18-15)14-8-6-5-7-9-14/h5-9,15-18H,4,10-13H2,1-3H3. The Hall–Kier alpha value is -0.940. The molecule has 21 heavy (non-hydrogen) atoms. The summed E-state index contributed by atoms with van der Waals surface area (Å²) >= 11 is 0. The lowest BCUT2D eigenvalue weighted by atomic mass is 9.99. The van der Waals surface area contributed by atoms with Gasteiger partial charge in [0.1, 0.15) is 0 Å². The number of benzene rings is 1. The molecule has 3 unspecified atom stereocenters. The van der Waals surface area contributed by atoms with Crippen LogP contribution in [0.2, 0.25) is 0 Å². The highest BCUT2D eigenvalue weighted by molar-refractivity contribution is 5.20. The van der Waals surface area contributed by atoms with Crippen molar-refractivity contribution in [2.75, 3.05) is 40.5 Å². The fourth-order valence-electron chi connectivity index (χ4n) is 3.00. The minimum absolute atomic E-state index is 0.122. The van der Waals surface area contributed by atoms with Crippen LogP contribution < -0.4 is 5.32 Å². The smallest absolute Gasteiger partial charge is 0.0931 e. The van der Waals surface area contributed by atoms with E-state index in [1.165, 1.54) is 5.56 Å². The molecule has 1 aliphatic heterocycles. The van der Waals surface area contributed by atoms with Gasteiger partial charge in [-0.1, -0.05) is 37.3 Å². The predicted molar refractivity (Wildman–Crippen MR) is 85.5 cm³/mol. The summed E-state index contributed by atoms with van der Waals surface area (Å²) in [6.45, 7) is 5.83. The predicted octanol–water partition coefficient (Wildman–Crippen LogP) is 2.07. The van der Waals surface area contributed by atoms with E-state index in [4.69, 9.17) is 9.47 Å². The molecule has 0 aromatic heterocycles. The summed E-state index contributed by atoms with van der Waals surface area (Å²) in [6.07, 6.45) is 1.27. The number of nitrogens with zero attached hydrogens (tertiary/aromatic N) is 1. The monoisotopic (exact) mass is 292 g/mol. The lowest BCUT2D eigenvalue weighted by molar-refractivity contribution is -0.0114. The summed E-state index contributed by atoms with van der Waals surface area (Å²) in [5.74, 6) is 0. The van der Waals surface area contributed by atoms with E-state index in [0.29, 0.717) is 18.7 Å². The fraction of sp³-hybridized carbons (Fsp3) is 0.647. The van der Waals surface area contributed by atoms with Crippen LogP contribution in [0, 0.1) is 0 Å². The van der Waals surface area contributed by atoms with Crippen molar-refractivity contribution in [3.63, 3.8) is 0 Å². The first-order chi connectivity index (χ1) is 10.3. The molecular weight excluding hydrogens is 264 g/mol. The van der Waals surface area contributed by atoms with E-state index in [0.717, 1.165) is 26.1 Å². The molecule has 2 rings (SSSR count). The summed E-state index contributed by atoms with van der Waals surface area (Å²) in [4.78, 5) is 2.53. The van der Waals surface area contributed by atoms with E-state index in [9.17, 15) is 0 Å². The molecule has 0 spiro atoms. The van der Waals surface area contributed by atoms with Crippen LogP contribution in [0.25, 0.3) is 0 Å². The van der Waals surface area contributed by atoms with Crippen LogP contribution in [-0.4, -0.2) is 57.5 Å². The van der Waals surface area contributed by atoms with Gasteiger partial charge in [-0.2, -0.15) is 0 Å². The molecule has 1 N–H and O–H groups in total. The van der Waals surface area contributed by atoms with E-state index >= 15 is 0 Å². The summed E-state index contributed by atoms with van der Waals surface area (Å²) < 4.78 is 10.8. The van der Waals surface area contributed by atoms with E-state index < -0.39 is 0 Å². The van der Waals surface area contributed by atoms with Crippen LogP contribution in [0.15, 0.2) is 30.3 Å². The molecule has 4 nitrogen and oxygen atoms in total. The van der Waals surface area contributed by atoms with Crippen molar-refractivity contribution in [3.8, 4) is 0 Å². The molecule has 1 fully saturated rings. The Bertz CT molecular complexity index is 399. The SMILES string of the molecule is CCC1CN(CC(COC)OC)C(c2ccccc2)CN1. The highest BCUT2D eigenvalue weighted by Gasteiger charge is 2.29. The largest absolute Gasteiger partial charge is 0.382 e. The number of hydrogen-bond acceptors (Lipinski definition) is 4. The molecule has 0 radical (unpaired) electrons. The molecule has 3 atom stereocenters. The normalized spacial score (nSPS) is 24.9. The first kappa shape index (κ1) is 16.4. The Kier molecular flexibility index (Phi) is 6.64. The third kappa shape index (κ3) is 4.51. The van der Waals surface area contributed by atoms with Crippen molar-refractivity contribution in [2.24, 2.45) is 0 Å². The van der Waals surface area contributed by atoms with Crippen LogP contribution in [0.3, 0.4) is 0 Å². The number of piperazine rings is 1. The molecule has 1 heterocycles. The van der Waals surface area contributed by atoms with Crippen LogP contribution in [0.4, 0.5) is 0 Å². The van der Waals surface area contributed by atoms with Gasteiger partial charge in [0.05, 0.1) is 12.7 Å². The van der Waals surface area contributed by atoms with Gasteiger partial charge in [0.2, 0.25) is 0 Å². The second kappa shape index (κ2) is 8.49. The molecule has 1 saturated heterocycles. The van der Waals surface area contributed by atoms with Crippen LogP contribution in [-0.2, 0) is 9.47 Å². The van der Waals surface area contributed by atoms with Crippen LogP contribution in [0.5, 0.6) is 0 Å². The van der Waals surface area contributed by atoms with Crippen molar-refractivity contribution in [1.29, 1.82) is 0 Å². The lowest BCUT2D eigenvalue weighted by Crippen LogP contribution is -2.54. The maximum Gasteiger partial charge on any atom is 0.0931 e. The minimum Gasteiger partial charge on any atom is -0.382 e. The maximum atomic E-state index is 5.56. The van der Waals surface area contributed by atoms with Gasteiger partial charge in [0.25, 0.3) is 0 Å². The molecule has 0 amide bonds. The number of nitrogens with one attached hydrogen (secondary N) is 1. The Morgan fingerprint density at radius 2 is 2.05 bits per heavy atom. The number of rotatable bonds is 7. The van der Waals surface area contributed by atoms with Gasteiger partial charge in [-0.15, -0.1) is 0 Å². The van der Waals surface area contributed by atoms with Gasteiger partial charge in [-0.3, -0.25) is 4.90 Å². The third-order valence-electron chi connectivity index (χ3n) is 4.30. The first-order valence-electron chi connectivity index (χ1n) is 7.82. The van der Waals surface area contributed by atoms with Gasteiger partial charge in [-0.05, 0) is 12.0 Å². The maximum absolute atomic E-state index is 5.56. The fourth-order valence-corrected chi connectivity index (χ4v) is 3.00. The van der Waals surface area contributed by atoms with Crippen molar-refractivity contribution in [3.05, 3.63) is 35.9 Å². The Morgan fingerprint density at radius 3 is 2.67 bits per heavy atom. The summed E-state index contributed by atoms with van der Waals surface area (Å²) in [6, 6.07) is 11.7. The lowest BCUT2D eigenvalue weighted by Gasteiger charge is -2.41. The Morgan fingerprint density at radius 1 is 1.29 bits per heavy atom. The molecule has 1 aliphatic rings. The van der Waals surface area contributed by atoms with Gasteiger partial charge < -0.3 is 14.8 Å². The van der Waals surface area contributed by atoms with E-state index in [1.54, 1.807) is 14.2 Å². The van der Waals surface area contributed by atoms with Crippen molar-refractivity contribution >= 4 is 0 Å². The van der Waals surface area contributed by atoms with Gasteiger partial charge in [-0.25, -0.2) is 0 Å². The molecule has 0 aliphatic carbocycles. The number of methoxy groups -OCH3 is 2. The summed E-state index contributed by atoms with van der Waals surface area (Å²) in [7, 11) is 3.49. The topological polar surface area (TPSA) is 33.7 Å². The average Bonchev–Trinajstić information content (AvgIpc) is 2.55. The number of hydrogen-bond donors (Lipinski definition) is 1. The molecular formula is C17H28N2O2. The first-order valence-corrected chi connectivity index (χ1v) is 7.82. The zero-order valence-electron chi connectivity index (χ0n) is 13.4. The Labute approximate surface area is 128 Å².